The molecule has 0 aliphatic rings. The van der Waals surface area contributed by atoms with Gasteiger partial charge in [-0.3, -0.25) is 0 Å². The summed E-state index contributed by atoms with van der Waals surface area (Å²) in [5, 5.41) is 0. The molecule has 1 aromatic rings. The molecule has 8 nitrogen and oxygen atoms in total. The molecule has 0 aliphatic heterocycles. The highest BCUT2D eigenvalue weighted by atomic mass is 32.5. The Morgan fingerprint density at radius 1 is 1.13 bits per heavy atom. The van der Waals surface area contributed by atoms with Gasteiger partial charge in [-0.15, -0.1) is 0 Å². The summed E-state index contributed by atoms with van der Waals surface area (Å²) in [6.07, 6.45) is 4.88. The van der Waals surface area contributed by atoms with E-state index in [9.17, 15) is 4.57 Å². The zero-order chi connectivity index (χ0) is 11.9. The molecule has 0 aromatic carbocycles. The van der Waals surface area contributed by atoms with Gasteiger partial charge in [-0.05, 0) is 17.9 Å². The molecule has 1 rings (SSSR count). The topological polar surface area (TPSA) is 133 Å². The smallest absolute Gasteiger partial charge is 0.324 e. The minimum atomic E-state index is -4.84. The molecule has 0 spiro atoms. The van der Waals surface area contributed by atoms with Crippen LogP contribution in [0.5, 0.6) is 0 Å². The first-order valence-electron chi connectivity index (χ1n) is 3.23. The van der Waals surface area contributed by atoms with Crippen LogP contribution in [-0.2, 0) is 20.7 Å². The van der Waals surface area contributed by atoms with Crippen molar-refractivity contribution in [1.82, 2.24) is 9.97 Å². The van der Waals surface area contributed by atoms with Crippen molar-refractivity contribution in [2.75, 3.05) is 0 Å². The van der Waals surface area contributed by atoms with Gasteiger partial charge in [0.1, 0.15) is 6.33 Å². The van der Waals surface area contributed by atoms with E-state index < -0.39 is 14.5 Å². The second kappa shape index (κ2) is 6.37. The molecule has 1 heterocycles. The summed E-state index contributed by atoms with van der Waals surface area (Å²) >= 11 is 3.74. The predicted molar refractivity (Wildman–Crippen MR) is 53.9 cm³/mol. The van der Waals surface area contributed by atoms with Crippen LogP contribution in [0.3, 0.4) is 0 Å². The van der Waals surface area contributed by atoms with E-state index in [1.807, 2.05) is 0 Å². The molecular weight excluding hydrogens is 266 g/mol. The number of rotatable bonds is 2. The molecule has 1 aromatic heterocycles. The predicted octanol–water partition coefficient (Wildman–Crippen LogP) is -0.219. The third-order valence-corrected chi connectivity index (χ3v) is 2.99. The highest BCUT2D eigenvalue weighted by molar-refractivity contribution is 8.08. The van der Waals surface area contributed by atoms with Crippen molar-refractivity contribution in [2.45, 2.75) is 0 Å². The van der Waals surface area contributed by atoms with Crippen LogP contribution in [0.1, 0.15) is 0 Å². The van der Waals surface area contributed by atoms with Crippen LogP contribution in [0.4, 0.5) is 0 Å². The highest BCUT2D eigenvalue weighted by Gasteiger charge is 2.23. The number of phosphoric acid groups is 1. The van der Waals surface area contributed by atoms with Crippen LogP contribution in [0.15, 0.2) is 24.8 Å². The van der Waals surface area contributed by atoms with E-state index in [1.165, 1.54) is 6.33 Å². The second-order valence-corrected chi connectivity index (χ2v) is 6.01. The quantitative estimate of drug-likeness (QED) is 0.540. The van der Waals surface area contributed by atoms with Gasteiger partial charge in [-0.2, -0.15) is 0 Å². The van der Waals surface area contributed by atoms with Crippen molar-refractivity contribution in [1.29, 1.82) is 0 Å². The zero-order valence-electron chi connectivity index (χ0n) is 7.11. The molecule has 0 saturated carbocycles. The minimum absolute atomic E-state index is 1.50. The number of nitrogens with zero attached hydrogens (tertiary/aromatic N) is 2. The second-order valence-electron chi connectivity index (χ2n) is 1.97. The van der Waals surface area contributed by atoms with E-state index in [0.717, 1.165) is 0 Å². The molecule has 0 bridgehead atoms. The van der Waals surface area contributed by atoms with E-state index in [0.29, 0.717) is 0 Å². The molecule has 11 heteroatoms. The van der Waals surface area contributed by atoms with Crippen LogP contribution < -0.4 is 0 Å². The van der Waals surface area contributed by atoms with Gasteiger partial charge in [0.05, 0.1) is 0 Å². The lowest BCUT2D eigenvalue weighted by atomic mass is 10.7. The van der Waals surface area contributed by atoms with Crippen molar-refractivity contribution in [3.63, 3.8) is 0 Å². The van der Waals surface area contributed by atoms with E-state index >= 15 is 0 Å². The lowest BCUT2D eigenvalue weighted by Crippen LogP contribution is -1.84. The average molecular weight is 274 g/mol. The van der Waals surface area contributed by atoms with Gasteiger partial charge in [0.25, 0.3) is 0 Å². The van der Waals surface area contributed by atoms with Gasteiger partial charge in [-0.25, -0.2) is 18.8 Å². The van der Waals surface area contributed by atoms with Crippen molar-refractivity contribution in [3.8, 4) is 0 Å². The third-order valence-electron chi connectivity index (χ3n) is 0.690. The van der Waals surface area contributed by atoms with E-state index in [-0.39, 0.29) is 0 Å². The highest BCUT2D eigenvalue weighted by Crippen LogP contribution is 2.54. The van der Waals surface area contributed by atoms with Crippen molar-refractivity contribution >= 4 is 26.3 Å². The van der Waals surface area contributed by atoms with Crippen molar-refractivity contribution in [3.05, 3.63) is 24.8 Å². The Bertz CT molecular complexity index is 316. The van der Waals surface area contributed by atoms with Crippen LogP contribution in [0.25, 0.3) is 0 Å². The van der Waals surface area contributed by atoms with Crippen LogP contribution in [0, 0.1) is 0 Å². The summed E-state index contributed by atoms with van der Waals surface area (Å²) < 4.78 is 13.1. The summed E-state index contributed by atoms with van der Waals surface area (Å²) in [4.78, 5) is 39.4. The largest absolute Gasteiger partial charge is 0.476 e. The Kier molecular flexibility index (Phi) is 6.26. The summed E-state index contributed by atoms with van der Waals surface area (Å²) in [6, 6.07) is 1.78. The van der Waals surface area contributed by atoms with E-state index in [4.69, 9.17) is 19.6 Å². The maximum absolute atomic E-state index is 9.76. The van der Waals surface area contributed by atoms with Crippen LogP contribution in [-0.4, -0.2) is 29.5 Å². The summed E-state index contributed by atoms with van der Waals surface area (Å²) in [6.45, 7) is -4.22. The summed E-state index contributed by atoms with van der Waals surface area (Å²) in [5.41, 5.74) is 0. The Morgan fingerprint density at radius 2 is 1.60 bits per heavy atom. The number of aromatic nitrogens is 2. The van der Waals surface area contributed by atoms with Crippen LogP contribution in [0.2, 0.25) is 0 Å². The molecule has 4 N–H and O–H groups in total. The Hall–Kier alpha value is -0.240. The Labute approximate surface area is 90.1 Å². The molecule has 0 radical (unpaired) electrons. The van der Waals surface area contributed by atoms with Crippen molar-refractivity contribution < 1.29 is 28.4 Å². The van der Waals surface area contributed by atoms with Gasteiger partial charge in [0, 0.05) is 12.4 Å². The van der Waals surface area contributed by atoms with Gasteiger partial charge < -0.3 is 19.6 Å². The van der Waals surface area contributed by atoms with Crippen molar-refractivity contribution in [2.24, 2.45) is 0 Å². The fraction of sp³-hybridized carbons (Fsp3) is 0. The fourth-order valence-electron chi connectivity index (χ4n) is 0.392. The molecule has 0 aliphatic carbocycles. The normalized spacial score (nSPS) is 11.5. The third kappa shape index (κ3) is 13.8. The molecular formula is C4H8N2O6P2S. The molecule has 0 unspecified atom stereocenters. The van der Waals surface area contributed by atoms with E-state index in [1.54, 1.807) is 18.5 Å². The first-order valence-corrected chi connectivity index (χ1v) is 7.39. The van der Waals surface area contributed by atoms with Gasteiger partial charge in [0.2, 0.25) is 0 Å². The number of hydrogen-bond donors (Lipinski definition) is 4. The Morgan fingerprint density at radius 3 is 1.67 bits per heavy atom. The molecule has 15 heavy (non-hydrogen) atoms. The standard InChI is InChI=1S/C4H4N2.H4O6P2S/c1-2-5-4-6-3-1;1-7(2,3)6-8(4,5)9/h1-4H;(H2,1,2,3)(H2,4,5,9). The molecule has 0 fully saturated rings. The van der Waals surface area contributed by atoms with Crippen LogP contribution >= 0.6 is 14.5 Å². The SMILES string of the molecule is O=P(O)(O)OP(O)(O)=S.c1cncnc1. The fourth-order valence-corrected chi connectivity index (χ4v) is 2.28. The molecule has 86 valence electrons. The first kappa shape index (κ1) is 14.8. The maximum Gasteiger partial charge on any atom is 0.476 e. The lowest BCUT2D eigenvalue weighted by Gasteiger charge is -2.07. The van der Waals surface area contributed by atoms with E-state index in [2.05, 4.69) is 26.1 Å². The van der Waals surface area contributed by atoms with Gasteiger partial charge >= 0.3 is 14.5 Å². The monoisotopic (exact) mass is 274 g/mol. The minimum Gasteiger partial charge on any atom is -0.324 e. The van der Waals surface area contributed by atoms with Gasteiger partial charge in [-0.1, -0.05) is 0 Å². The first-order chi connectivity index (χ1) is 6.71. The summed E-state index contributed by atoms with van der Waals surface area (Å²) in [7, 11) is -4.84. The molecule has 0 atom stereocenters. The molecule has 0 amide bonds. The zero-order valence-corrected chi connectivity index (χ0v) is 9.72. The summed E-state index contributed by atoms with van der Waals surface area (Å²) in [5.74, 6) is 0. The Balaban J connectivity index is 0.000000280. The number of hydrogen-bond acceptors (Lipinski definition) is 5. The average Bonchev–Trinajstić information content (AvgIpc) is 2.01. The maximum atomic E-state index is 9.76. The molecule has 0 saturated heterocycles. The van der Waals surface area contributed by atoms with Gasteiger partial charge in [0.15, 0.2) is 0 Å². The lowest BCUT2D eigenvalue weighted by molar-refractivity contribution is 0.259.